The molecule has 0 unspecified atom stereocenters. The maximum atomic E-state index is 13.4. The number of anilines is 1. The molecule has 2 aromatic carbocycles. The van der Waals surface area contributed by atoms with E-state index in [0.29, 0.717) is 13.0 Å². The molecule has 0 aliphatic rings. The second-order valence-corrected chi connectivity index (χ2v) is 9.78. The molecular weight excluding hydrogens is 422 g/mol. The Morgan fingerprint density at radius 3 is 2.35 bits per heavy atom. The number of aryl methyl sites for hydroxylation is 2. The maximum Gasteiger partial charge on any atom is 0.233 e. The van der Waals surface area contributed by atoms with Gasteiger partial charge in [-0.25, -0.2) is 4.98 Å². The van der Waals surface area contributed by atoms with E-state index in [1.54, 1.807) is 35.5 Å². The molecule has 0 aliphatic carbocycles. The van der Waals surface area contributed by atoms with Crippen molar-refractivity contribution in [3.63, 3.8) is 0 Å². The van der Waals surface area contributed by atoms with Crippen LogP contribution in [0.25, 0.3) is 10.2 Å². The van der Waals surface area contributed by atoms with Crippen molar-refractivity contribution in [2.24, 2.45) is 0 Å². The quantitative estimate of drug-likeness (QED) is 0.317. The van der Waals surface area contributed by atoms with Gasteiger partial charge >= 0.3 is 0 Å². The van der Waals surface area contributed by atoms with E-state index >= 15 is 0 Å². The van der Waals surface area contributed by atoms with Gasteiger partial charge in [0.25, 0.3) is 0 Å². The van der Waals surface area contributed by atoms with E-state index in [9.17, 15) is 4.79 Å². The third-order valence-electron chi connectivity index (χ3n) is 5.14. The molecule has 31 heavy (non-hydrogen) atoms. The second kappa shape index (κ2) is 9.62. The van der Waals surface area contributed by atoms with E-state index in [4.69, 9.17) is 4.98 Å². The second-order valence-electron chi connectivity index (χ2n) is 7.46. The Morgan fingerprint density at radius 1 is 0.968 bits per heavy atom. The summed E-state index contributed by atoms with van der Waals surface area (Å²) in [5.41, 5.74) is 5.34. The first-order valence-electron chi connectivity index (χ1n) is 10.3. The smallest absolute Gasteiger partial charge is 0.233 e. The highest BCUT2D eigenvalue weighted by Crippen LogP contribution is 2.34. The molecule has 0 saturated carbocycles. The first-order chi connectivity index (χ1) is 15.0. The summed E-state index contributed by atoms with van der Waals surface area (Å²) in [7, 11) is 0. The maximum absolute atomic E-state index is 13.4. The number of hydrogen-bond donors (Lipinski definition) is 0. The van der Waals surface area contributed by atoms with Gasteiger partial charge in [0, 0.05) is 17.3 Å². The molecule has 4 rings (SSSR count). The highest BCUT2D eigenvalue weighted by molar-refractivity contribution is 7.99. The molecular formula is C25H25N3OS2. The summed E-state index contributed by atoms with van der Waals surface area (Å²) in [6.07, 6.45) is 3.86. The molecule has 6 heteroatoms. The monoisotopic (exact) mass is 447 g/mol. The van der Waals surface area contributed by atoms with Crippen LogP contribution in [0, 0.1) is 13.8 Å². The number of benzene rings is 2. The lowest BCUT2D eigenvalue weighted by Crippen LogP contribution is -2.31. The van der Waals surface area contributed by atoms with Crippen LogP contribution in [0.2, 0.25) is 0 Å². The molecule has 0 spiro atoms. The van der Waals surface area contributed by atoms with Gasteiger partial charge in [0.2, 0.25) is 5.91 Å². The number of nitrogens with zero attached hydrogens (tertiary/aromatic N) is 3. The molecule has 4 nitrogen and oxygen atoms in total. The van der Waals surface area contributed by atoms with Gasteiger partial charge in [-0.05, 0) is 66.1 Å². The summed E-state index contributed by atoms with van der Waals surface area (Å²) in [5.74, 6) is 1.08. The molecule has 0 aliphatic heterocycles. The zero-order valence-electron chi connectivity index (χ0n) is 18.0. The van der Waals surface area contributed by atoms with Crippen LogP contribution in [-0.4, -0.2) is 21.6 Å². The normalized spacial score (nSPS) is 11.1. The van der Waals surface area contributed by atoms with Crippen molar-refractivity contribution in [3.8, 4) is 0 Å². The number of aromatic nitrogens is 2. The molecule has 0 saturated heterocycles. The third kappa shape index (κ3) is 4.97. The van der Waals surface area contributed by atoms with Crippen molar-refractivity contribution in [3.05, 3.63) is 83.2 Å². The Morgan fingerprint density at radius 2 is 1.68 bits per heavy atom. The Bertz CT molecular complexity index is 1150. The van der Waals surface area contributed by atoms with E-state index in [0.717, 1.165) is 37.8 Å². The van der Waals surface area contributed by atoms with Crippen molar-refractivity contribution in [1.82, 2.24) is 9.97 Å². The van der Waals surface area contributed by atoms with Crippen molar-refractivity contribution in [2.75, 3.05) is 10.7 Å². The summed E-state index contributed by atoms with van der Waals surface area (Å²) in [5, 5.41) is 0.743. The van der Waals surface area contributed by atoms with Crippen molar-refractivity contribution in [1.29, 1.82) is 0 Å². The number of carbonyl (C=O) groups excluding carboxylic acids is 1. The number of carbonyl (C=O) groups is 1. The highest BCUT2D eigenvalue weighted by atomic mass is 32.2. The summed E-state index contributed by atoms with van der Waals surface area (Å²) in [6, 6.07) is 16.4. The Balaban J connectivity index is 1.66. The SMILES string of the molecule is CCSc1ccc(CC(=O)N(Cc2ccncc2)c2nc3c(C)ccc(C)c3s2)cc1. The molecule has 0 bridgehead atoms. The number of thiazole rings is 1. The molecule has 158 valence electrons. The predicted molar refractivity (Wildman–Crippen MR) is 131 cm³/mol. The first-order valence-corrected chi connectivity index (χ1v) is 12.1. The van der Waals surface area contributed by atoms with Crippen LogP contribution in [0.3, 0.4) is 0 Å². The largest absolute Gasteiger partial charge is 0.283 e. The standard InChI is InChI=1S/C25H25N3OS2/c1-4-30-21-9-7-19(8-10-21)15-22(29)28(16-20-11-13-26-14-12-20)25-27-23-17(2)5-6-18(3)24(23)31-25/h5-14H,4,15-16H2,1-3H3. The van der Waals surface area contributed by atoms with Crippen molar-refractivity contribution >= 4 is 44.4 Å². The summed E-state index contributed by atoms with van der Waals surface area (Å²) >= 11 is 3.39. The Hall–Kier alpha value is -2.70. The summed E-state index contributed by atoms with van der Waals surface area (Å²) in [4.78, 5) is 25.5. The minimum absolute atomic E-state index is 0.0436. The molecule has 2 heterocycles. The number of amides is 1. The number of hydrogen-bond acceptors (Lipinski definition) is 5. The molecule has 0 radical (unpaired) electrons. The van der Waals surface area contributed by atoms with E-state index in [-0.39, 0.29) is 5.91 Å². The Kier molecular flexibility index (Phi) is 6.68. The number of pyridine rings is 1. The average Bonchev–Trinajstić information content (AvgIpc) is 3.23. The van der Waals surface area contributed by atoms with Gasteiger partial charge in [-0.1, -0.05) is 42.5 Å². The van der Waals surface area contributed by atoms with Crippen LogP contribution >= 0.6 is 23.1 Å². The third-order valence-corrected chi connectivity index (χ3v) is 7.25. The van der Waals surface area contributed by atoms with Crippen LogP contribution in [-0.2, 0) is 17.8 Å². The van der Waals surface area contributed by atoms with Gasteiger partial charge in [0.05, 0.1) is 23.2 Å². The van der Waals surface area contributed by atoms with E-state index in [2.05, 4.69) is 50.0 Å². The zero-order chi connectivity index (χ0) is 21.8. The molecule has 4 aromatic rings. The van der Waals surface area contributed by atoms with Crippen LogP contribution in [0.4, 0.5) is 5.13 Å². The van der Waals surface area contributed by atoms with Crippen molar-refractivity contribution in [2.45, 2.75) is 38.6 Å². The lowest BCUT2D eigenvalue weighted by atomic mass is 10.1. The van der Waals surface area contributed by atoms with Crippen LogP contribution in [0.5, 0.6) is 0 Å². The average molecular weight is 448 g/mol. The Labute approximate surface area is 191 Å². The fourth-order valence-corrected chi connectivity index (χ4v) is 5.23. The summed E-state index contributed by atoms with van der Waals surface area (Å²) < 4.78 is 1.14. The van der Waals surface area contributed by atoms with Gasteiger partial charge in [-0.3, -0.25) is 14.7 Å². The minimum Gasteiger partial charge on any atom is -0.283 e. The molecule has 2 aromatic heterocycles. The van der Waals surface area contributed by atoms with Crippen LogP contribution < -0.4 is 4.90 Å². The topological polar surface area (TPSA) is 46.1 Å². The van der Waals surface area contributed by atoms with Gasteiger partial charge < -0.3 is 0 Å². The van der Waals surface area contributed by atoms with E-state index in [1.807, 2.05) is 29.2 Å². The zero-order valence-corrected chi connectivity index (χ0v) is 19.6. The minimum atomic E-state index is 0.0436. The molecule has 1 amide bonds. The molecule has 0 fully saturated rings. The number of thioether (sulfide) groups is 1. The lowest BCUT2D eigenvalue weighted by molar-refractivity contribution is -0.118. The van der Waals surface area contributed by atoms with Gasteiger partial charge in [-0.2, -0.15) is 0 Å². The summed E-state index contributed by atoms with van der Waals surface area (Å²) in [6.45, 7) is 6.77. The van der Waals surface area contributed by atoms with Gasteiger partial charge in [0.15, 0.2) is 5.13 Å². The van der Waals surface area contributed by atoms with Crippen LogP contribution in [0.15, 0.2) is 65.8 Å². The first kappa shape index (κ1) is 21.5. The highest BCUT2D eigenvalue weighted by Gasteiger charge is 2.21. The van der Waals surface area contributed by atoms with E-state index < -0.39 is 0 Å². The van der Waals surface area contributed by atoms with Gasteiger partial charge in [0.1, 0.15) is 0 Å². The lowest BCUT2D eigenvalue weighted by Gasteiger charge is -2.20. The van der Waals surface area contributed by atoms with Crippen molar-refractivity contribution < 1.29 is 4.79 Å². The predicted octanol–water partition coefficient (Wildman–Crippen LogP) is 6.20. The fraction of sp³-hybridized carbons (Fsp3) is 0.240. The molecule has 0 atom stereocenters. The van der Waals surface area contributed by atoms with E-state index in [1.165, 1.54) is 10.5 Å². The number of rotatable bonds is 7. The number of fused-ring (bicyclic) bond motifs is 1. The molecule has 0 N–H and O–H groups in total. The fourth-order valence-electron chi connectivity index (χ4n) is 3.44. The van der Waals surface area contributed by atoms with Gasteiger partial charge in [-0.15, -0.1) is 11.8 Å². The van der Waals surface area contributed by atoms with Crippen LogP contribution in [0.1, 0.15) is 29.2 Å².